The van der Waals surface area contributed by atoms with E-state index in [2.05, 4.69) is 54.5 Å². The summed E-state index contributed by atoms with van der Waals surface area (Å²) in [5, 5.41) is 5.73. The van der Waals surface area contributed by atoms with Crippen molar-refractivity contribution in [3.8, 4) is 0 Å². The fourth-order valence-corrected chi connectivity index (χ4v) is 2.86. The first kappa shape index (κ1) is 13.4. The summed E-state index contributed by atoms with van der Waals surface area (Å²) in [6.45, 7) is 3.13. The summed E-state index contributed by atoms with van der Waals surface area (Å²) in [6.07, 6.45) is 2.72. The zero-order valence-electron chi connectivity index (χ0n) is 12.6. The van der Waals surface area contributed by atoms with Crippen LogP contribution in [0.5, 0.6) is 0 Å². The Hall–Kier alpha value is -1.61. The average Bonchev–Trinajstić information content (AvgIpc) is 3.30. The average molecular weight is 269 g/mol. The molecule has 2 aromatic rings. The van der Waals surface area contributed by atoms with Crippen LogP contribution in [0.15, 0.2) is 30.3 Å². The largest absolute Gasteiger partial charge is 0.356 e. The van der Waals surface area contributed by atoms with Crippen LogP contribution in [0.1, 0.15) is 25.5 Å². The van der Waals surface area contributed by atoms with Crippen LogP contribution in [0.3, 0.4) is 0 Å². The van der Waals surface area contributed by atoms with E-state index in [1.54, 1.807) is 0 Å². The smallest absolute Gasteiger partial charge is 0.136 e. The third-order valence-electron chi connectivity index (χ3n) is 4.38. The van der Waals surface area contributed by atoms with Crippen LogP contribution >= 0.6 is 0 Å². The molecular formula is C17H23N3. The molecule has 0 amide bonds. The van der Waals surface area contributed by atoms with Crippen molar-refractivity contribution in [1.82, 2.24) is 10.3 Å². The van der Waals surface area contributed by atoms with Gasteiger partial charge in [-0.3, -0.25) is 0 Å². The molecule has 1 aliphatic rings. The van der Waals surface area contributed by atoms with Gasteiger partial charge in [-0.1, -0.05) is 24.3 Å². The summed E-state index contributed by atoms with van der Waals surface area (Å²) in [6, 6.07) is 11.3. The van der Waals surface area contributed by atoms with Crippen LogP contribution in [0.4, 0.5) is 5.82 Å². The summed E-state index contributed by atoms with van der Waals surface area (Å²) >= 11 is 0. The Morgan fingerprint density at radius 2 is 2.10 bits per heavy atom. The lowest BCUT2D eigenvalue weighted by Crippen LogP contribution is -2.31. The van der Waals surface area contributed by atoms with Gasteiger partial charge in [0, 0.05) is 25.0 Å². The second kappa shape index (κ2) is 5.41. The lowest BCUT2D eigenvalue weighted by atomic mass is 10.1. The van der Waals surface area contributed by atoms with Crippen molar-refractivity contribution in [3.63, 3.8) is 0 Å². The van der Waals surface area contributed by atoms with Gasteiger partial charge in [0.1, 0.15) is 5.82 Å². The summed E-state index contributed by atoms with van der Waals surface area (Å²) in [5.74, 6) is 1.96. The Balaban J connectivity index is 2.06. The molecule has 1 aliphatic carbocycles. The molecule has 1 heterocycles. The zero-order chi connectivity index (χ0) is 14.1. The Morgan fingerprint density at radius 3 is 2.80 bits per heavy atom. The molecule has 1 aromatic heterocycles. The van der Waals surface area contributed by atoms with E-state index in [1.807, 2.05) is 7.05 Å². The van der Waals surface area contributed by atoms with E-state index < -0.39 is 0 Å². The van der Waals surface area contributed by atoms with Crippen molar-refractivity contribution in [1.29, 1.82) is 0 Å². The predicted molar refractivity (Wildman–Crippen MR) is 85.1 cm³/mol. The van der Waals surface area contributed by atoms with Gasteiger partial charge < -0.3 is 10.2 Å². The maximum atomic E-state index is 4.89. The number of nitrogens with one attached hydrogen (secondary N) is 1. The highest BCUT2D eigenvalue weighted by Crippen LogP contribution is 2.37. The number of nitrogens with zero attached hydrogens (tertiary/aromatic N) is 2. The van der Waals surface area contributed by atoms with Gasteiger partial charge in [-0.15, -0.1) is 0 Å². The van der Waals surface area contributed by atoms with Gasteiger partial charge in [-0.05, 0) is 44.2 Å². The molecule has 1 atom stereocenters. The minimum atomic E-state index is 0.566. The number of rotatable bonds is 5. The number of aromatic nitrogens is 1. The molecule has 0 radical (unpaired) electrons. The van der Waals surface area contributed by atoms with Crippen LogP contribution < -0.4 is 10.2 Å². The highest BCUT2D eigenvalue weighted by atomic mass is 15.2. The number of anilines is 1. The lowest BCUT2D eigenvalue weighted by Gasteiger charge is -2.27. The molecule has 20 heavy (non-hydrogen) atoms. The Bertz CT molecular complexity index is 604. The first-order chi connectivity index (χ1) is 9.70. The molecule has 0 saturated heterocycles. The first-order valence-electron chi connectivity index (χ1n) is 7.47. The molecule has 0 aliphatic heterocycles. The molecule has 3 rings (SSSR count). The van der Waals surface area contributed by atoms with Crippen LogP contribution in [0.25, 0.3) is 10.8 Å². The molecule has 106 valence electrons. The minimum absolute atomic E-state index is 0.566. The fourth-order valence-electron chi connectivity index (χ4n) is 2.86. The maximum absolute atomic E-state index is 4.89. The van der Waals surface area contributed by atoms with Gasteiger partial charge >= 0.3 is 0 Å². The van der Waals surface area contributed by atoms with E-state index in [1.165, 1.54) is 23.6 Å². The molecule has 1 aromatic carbocycles. The van der Waals surface area contributed by atoms with Gasteiger partial charge in [0.2, 0.25) is 0 Å². The van der Waals surface area contributed by atoms with E-state index in [0.29, 0.717) is 6.04 Å². The molecule has 0 spiro atoms. The summed E-state index contributed by atoms with van der Waals surface area (Å²) in [5.41, 5.74) is 1.11. The van der Waals surface area contributed by atoms with Crippen molar-refractivity contribution in [2.75, 3.05) is 19.0 Å². The number of pyridine rings is 1. The number of hydrogen-bond donors (Lipinski definition) is 1. The fraction of sp³-hybridized carbons (Fsp3) is 0.471. The van der Waals surface area contributed by atoms with Crippen LogP contribution in [-0.4, -0.2) is 25.1 Å². The maximum Gasteiger partial charge on any atom is 0.136 e. The molecule has 1 N–H and O–H groups in total. The summed E-state index contributed by atoms with van der Waals surface area (Å²) < 4.78 is 0. The van der Waals surface area contributed by atoms with Crippen molar-refractivity contribution >= 4 is 16.6 Å². The Morgan fingerprint density at radius 1 is 1.35 bits per heavy atom. The molecule has 1 unspecified atom stereocenters. The Kier molecular flexibility index (Phi) is 3.62. The molecular weight excluding hydrogens is 246 g/mol. The highest BCUT2D eigenvalue weighted by Gasteiger charge is 2.31. The van der Waals surface area contributed by atoms with Gasteiger partial charge in [-0.25, -0.2) is 4.98 Å². The van der Waals surface area contributed by atoms with Gasteiger partial charge in [0.15, 0.2) is 0 Å². The van der Waals surface area contributed by atoms with Crippen LogP contribution in [0.2, 0.25) is 0 Å². The van der Waals surface area contributed by atoms with Crippen LogP contribution in [0, 0.1) is 5.92 Å². The zero-order valence-corrected chi connectivity index (χ0v) is 12.6. The lowest BCUT2D eigenvalue weighted by molar-refractivity contribution is 0.604. The summed E-state index contributed by atoms with van der Waals surface area (Å²) in [4.78, 5) is 7.25. The molecule has 3 heteroatoms. The minimum Gasteiger partial charge on any atom is -0.356 e. The SMILES string of the molecule is CNCc1cc2ccccc2c(N(C)C(C)C2CC2)n1. The molecule has 3 nitrogen and oxygen atoms in total. The first-order valence-corrected chi connectivity index (χ1v) is 7.47. The van der Waals surface area contributed by atoms with E-state index in [-0.39, 0.29) is 0 Å². The summed E-state index contributed by atoms with van der Waals surface area (Å²) in [7, 11) is 4.15. The topological polar surface area (TPSA) is 28.2 Å². The molecule has 0 bridgehead atoms. The van der Waals surface area contributed by atoms with Crippen molar-refractivity contribution in [3.05, 3.63) is 36.0 Å². The van der Waals surface area contributed by atoms with E-state index in [4.69, 9.17) is 4.98 Å². The normalized spacial score (nSPS) is 16.4. The molecule has 1 fully saturated rings. The van der Waals surface area contributed by atoms with Crippen molar-refractivity contribution in [2.24, 2.45) is 5.92 Å². The van der Waals surface area contributed by atoms with E-state index >= 15 is 0 Å². The number of fused-ring (bicyclic) bond motifs is 1. The van der Waals surface area contributed by atoms with Gasteiger partial charge in [0.05, 0.1) is 5.69 Å². The third-order valence-corrected chi connectivity index (χ3v) is 4.38. The van der Waals surface area contributed by atoms with Gasteiger partial charge in [-0.2, -0.15) is 0 Å². The quantitative estimate of drug-likeness (QED) is 0.903. The highest BCUT2D eigenvalue weighted by molar-refractivity contribution is 5.92. The number of benzene rings is 1. The number of hydrogen-bond acceptors (Lipinski definition) is 3. The second-order valence-corrected chi connectivity index (χ2v) is 5.88. The predicted octanol–water partition coefficient (Wildman–Crippen LogP) is 3.19. The van der Waals surface area contributed by atoms with E-state index in [9.17, 15) is 0 Å². The van der Waals surface area contributed by atoms with Crippen molar-refractivity contribution in [2.45, 2.75) is 32.4 Å². The standard InChI is InChI=1S/C17H23N3/c1-12(13-8-9-13)20(3)17-16-7-5-4-6-14(16)10-15(19-17)11-18-2/h4-7,10,12-13,18H,8-9,11H2,1-3H3. The molecule has 1 saturated carbocycles. The third kappa shape index (κ3) is 2.50. The second-order valence-electron chi connectivity index (χ2n) is 5.88. The van der Waals surface area contributed by atoms with Gasteiger partial charge in [0.25, 0.3) is 0 Å². The van der Waals surface area contributed by atoms with E-state index in [0.717, 1.165) is 24.0 Å². The van der Waals surface area contributed by atoms with Crippen molar-refractivity contribution < 1.29 is 0 Å². The van der Waals surface area contributed by atoms with Crippen LogP contribution in [-0.2, 0) is 6.54 Å². The Labute approximate surface area is 121 Å². The monoisotopic (exact) mass is 269 g/mol.